The van der Waals surface area contributed by atoms with Gasteiger partial charge in [-0.05, 0) is 65.4 Å². The van der Waals surface area contributed by atoms with Crippen LogP contribution in [0.15, 0.2) is 16.6 Å². The highest BCUT2D eigenvalue weighted by atomic mass is 79.9. The fourth-order valence-corrected chi connectivity index (χ4v) is 2.69. The van der Waals surface area contributed by atoms with Gasteiger partial charge in [-0.1, -0.05) is 20.8 Å². The lowest BCUT2D eigenvalue weighted by Crippen LogP contribution is -2.14. The van der Waals surface area contributed by atoms with Crippen LogP contribution >= 0.6 is 15.9 Å². The second kappa shape index (κ2) is 10.1. The van der Waals surface area contributed by atoms with Crippen molar-refractivity contribution in [2.24, 2.45) is 5.92 Å². The van der Waals surface area contributed by atoms with Gasteiger partial charge in [0.2, 0.25) is 0 Å². The summed E-state index contributed by atoms with van der Waals surface area (Å²) in [5.41, 5.74) is 1.20. The smallest absolute Gasteiger partial charge is 0.175 e. The van der Waals surface area contributed by atoms with E-state index >= 15 is 0 Å². The SMILES string of the molecule is CCCNCc1cc(Br)c(OCCCC(C)C)c(OC)c1. The number of methoxy groups -OCH3 is 1. The van der Waals surface area contributed by atoms with Crippen molar-refractivity contribution in [1.29, 1.82) is 0 Å². The van der Waals surface area contributed by atoms with Crippen molar-refractivity contribution >= 4 is 15.9 Å². The van der Waals surface area contributed by atoms with Gasteiger partial charge in [-0.2, -0.15) is 0 Å². The summed E-state index contributed by atoms with van der Waals surface area (Å²) in [6, 6.07) is 4.15. The highest BCUT2D eigenvalue weighted by Crippen LogP contribution is 2.36. The van der Waals surface area contributed by atoms with Crippen LogP contribution in [-0.4, -0.2) is 20.3 Å². The van der Waals surface area contributed by atoms with E-state index in [-0.39, 0.29) is 0 Å². The second-order valence-corrected chi connectivity index (χ2v) is 6.52. The minimum Gasteiger partial charge on any atom is -0.493 e. The van der Waals surface area contributed by atoms with E-state index in [0.717, 1.165) is 48.5 Å². The summed E-state index contributed by atoms with van der Waals surface area (Å²) in [7, 11) is 1.69. The summed E-state index contributed by atoms with van der Waals surface area (Å²) in [4.78, 5) is 0. The molecule has 4 heteroatoms. The highest BCUT2D eigenvalue weighted by Gasteiger charge is 2.11. The Kier molecular flexibility index (Phi) is 8.77. The predicted octanol–water partition coefficient (Wildman–Crippen LogP) is 4.77. The maximum Gasteiger partial charge on any atom is 0.175 e. The molecule has 0 bridgehead atoms. The van der Waals surface area contributed by atoms with E-state index in [9.17, 15) is 0 Å². The van der Waals surface area contributed by atoms with Gasteiger partial charge in [-0.15, -0.1) is 0 Å². The summed E-state index contributed by atoms with van der Waals surface area (Å²) in [5.74, 6) is 2.31. The molecule has 0 fully saturated rings. The molecular formula is C17H28BrNO2. The summed E-state index contributed by atoms with van der Waals surface area (Å²) in [5, 5.41) is 3.40. The molecular weight excluding hydrogens is 330 g/mol. The average Bonchev–Trinajstić information content (AvgIpc) is 2.44. The molecule has 1 N–H and O–H groups in total. The maximum absolute atomic E-state index is 5.90. The van der Waals surface area contributed by atoms with E-state index in [1.807, 2.05) is 6.07 Å². The fourth-order valence-electron chi connectivity index (χ4n) is 2.09. The van der Waals surface area contributed by atoms with Gasteiger partial charge < -0.3 is 14.8 Å². The van der Waals surface area contributed by atoms with Gasteiger partial charge in [0.15, 0.2) is 11.5 Å². The Balaban J connectivity index is 2.66. The monoisotopic (exact) mass is 357 g/mol. The Labute approximate surface area is 137 Å². The molecule has 1 rings (SSSR count). The van der Waals surface area contributed by atoms with E-state index in [0.29, 0.717) is 5.92 Å². The standard InChI is InChI=1S/C17H28BrNO2/c1-5-8-19-12-14-10-15(18)17(16(11-14)20-4)21-9-6-7-13(2)3/h10-11,13,19H,5-9,12H2,1-4H3. The molecule has 0 spiro atoms. The first-order valence-electron chi connectivity index (χ1n) is 7.78. The van der Waals surface area contributed by atoms with Crippen molar-refractivity contribution in [1.82, 2.24) is 5.32 Å². The van der Waals surface area contributed by atoms with Gasteiger partial charge in [0.25, 0.3) is 0 Å². The zero-order valence-corrected chi connectivity index (χ0v) is 15.3. The van der Waals surface area contributed by atoms with Crippen LogP contribution in [0.1, 0.15) is 45.6 Å². The van der Waals surface area contributed by atoms with Crippen LogP contribution in [0, 0.1) is 5.92 Å². The van der Waals surface area contributed by atoms with E-state index < -0.39 is 0 Å². The lowest BCUT2D eigenvalue weighted by atomic mass is 10.1. The van der Waals surface area contributed by atoms with Crippen LogP contribution in [-0.2, 0) is 6.54 Å². The first-order chi connectivity index (χ1) is 10.1. The molecule has 0 radical (unpaired) electrons. The lowest BCUT2D eigenvalue weighted by molar-refractivity contribution is 0.278. The molecule has 120 valence electrons. The van der Waals surface area contributed by atoms with Gasteiger partial charge in [0.1, 0.15) is 0 Å². The normalized spacial score (nSPS) is 11.0. The first kappa shape index (κ1) is 18.3. The second-order valence-electron chi connectivity index (χ2n) is 5.67. The van der Waals surface area contributed by atoms with Crippen molar-refractivity contribution in [3.63, 3.8) is 0 Å². The van der Waals surface area contributed by atoms with E-state index in [1.165, 1.54) is 12.0 Å². The summed E-state index contributed by atoms with van der Waals surface area (Å²) >= 11 is 3.60. The molecule has 0 aliphatic carbocycles. The van der Waals surface area contributed by atoms with Crippen molar-refractivity contribution in [2.45, 2.75) is 46.6 Å². The topological polar surface area (TPSA) is 30.5 Å². The molecule has 0 aliphatic heterocycles. The third kappa shape index (κ3) is 6.70. The number of halogens is 1. The summed E-state index contributed by atoms with van der Waals surface area (Å²) in [6.45, 7) is 9.21. The van der Waals surface area contributed by atoms with E-state index in [1.54, 1.807) is 7.11 Å². The van der Waals surface area contributed by atoms with Gasteiger partial charge in [-0.3, -0.25) is 0 Å². The first-order valence-corrected chi connectivity index (χ1v) is 8.57. The van der Waals surface area contributed by atoms with Crippen LogP contribution in [0.5, 0.6) is 11.5 Å². The summed E-state index contributed by atoms with van der Waals surface area (Å²) < 4.78 is 12.3. The van der Waals surface area contributed by atoms with Crippen LogP contribution < -0.4 is 14.8 Å². The van der Waals surface area contributed by atoms with Gasteiger partial charge in [0.05, 0.1) is 18.2 Å². The molecule has 1 aromatic rings. The Morgan fingerprint density at radius 1 is 1.29 bits per heavy atom. The van der Waals surface area contributed by atoms with Crippen LogP contribution in [0.3, 0.4) is 0 Å². The third-order valence-electron chi connectivity index (χ3n) is 3.22. The molecule has 0 saturated heterocycles. The molecule has 0 aromatic heterocycles. The number of benzene rings is 1. The van der Waals surface area contributed by atoms with E-state index in [4.69, 9.17) is 9.47 Å². The van der Waals surface area contributed by atoms with Crippen molar-refractivity contribution < 1.29 is 9.47 Å². The molecule has 0 atom stereocenters. The van der Waals surface area contributed by atoms with Crippen molar-refractivity contribution in [3.05, 3.63) is 22.2 Å². The number of hydrogen-bond acceptors (Lipinski definition) is 3. The Hall–Kier alpha value is -0.740. The zero-order valence-electron chi connectivity index (χ0n) is 13.7. The van der Waals surface area contributed by atoms with Gasteiger partial charge in [-0.25, -0.2) is 0 Å². The molecule has 21 heavy (non-hydrogen) atoms. The number of hydrogen-bond donors (Lipinski definition) is 1. The number of ether oxygens (including phenoxy) is 2. The Morgan fingerprint density at radius 3 is 2.67 bits per heavy atom. The predicted molar refractivity (Wildman–Crippen MR) is 92.3 cm³/mol. The lowest BCUT2D eigenvalue weighted by Gasteiger charge is -2.15. The van der Waals surface area contributed by atoms with Crippen molar-refractivity contribution in [3.8, 4) is 11.5 Å². The molecule has 3 nitrogen and oxygen atoms in total. The fraction of sp³-hybridized carbons (Fsp3) is 0.647. The number of rotatable bonds is 10. The molecule has 0 saturated carbocycles. The van der Waals surface area contributed by atoms with Crippen LogP contribution in [0.2, 0.25) is 0 Å². The van der Waals surface area contributed by atoms with Gasteiger partial charge >= 0.3 is 0 Å². The molecule has 0 aliphatic rings. The van der Waals surface area contributed by atoms with Crippen LogP contribution in [0.4, 0.5) is 0 Å². The average molecular weight is 358 g/mol. The Morgan fingerprint density at radius 2 is 2.05 bits per heavy atom. The largest absolute Gasteiger partial charge is 0.493 e. The quantitative estimate of drug-likeness (QED) is 0.611. The van der Waals surface area contributed by atoms with Crippen molar-refractivity contribution in [2.75, 3.05) is 20.3 Å². The Bertz CT molecular complexity index is 421. The van der Waals surface area contributed by atoms with Gasteiger partial charge in [0, 0.05) is 6.54 Å². The maximum atomic E-state index is 5.90. The van der Waals surface area contributed by atoms with E-state index in [2.05, 4.69) is 48.1 Å². The highest BCUT2D eigenvalue weighted by molar-refractivity contribution is 9.10. The molecule has 0 unspecified atom stereocenters. The minimum absolute atomic E-state index is 0.714. The number of nitrogens with one attached hydrogen (secondary N) is 1. The molecule has 0 heterocycles. The zero-order chi connectivity index (χ0) is 15.7. The summed E-state index contributed by atoms with van der Waals surface area (Å²) in [6.07, 6.45) is 3.38. The van der Waals surface area contributed by atoms with Crippen LogP contribution in [0.25, 0.3) is 0 Å². The minimum atomic E-state index is 0.714. The molecule has 1 aromatic carbocycles. The third-order valence-corrected chi connectivity index (χ3v) is 3.81. The molecule has 0 amide bonds.